The molecule has 3 fully saturated rings. The molecular formula is C27H28N2O5. The molecule has 0 radical (unpaired) electrons. The van der Waals surface area contributed by atoms with Crippen molar-refractivity contribution in [2.75, 3.05) is 13.2 Å². The van der Waals surface area contributed by atoms with Gasteiger partial charge in [0.25, 0.3) is 0 Å². The SMILES string of the molecule is O=C(NC1C2CCC(C2)C1C(=O)N1CCC1C(=O)O)OCC1c2ccccc2-c2ccccc21. The van der Waals surface area contributed by atoms with Crippen molar-refractivity contribution in [1.29, 1.82) is 0 Å². The number of aliphatic carboxylic acids is 1. The monoisotopic (exact) mass is 460 g/mol. The summed E-state index contributed by atoms with van der Waals surface area (Å²) in [6.07, 6.45) is 2.82. The molecule has 4 aliphatic rings. The molecule has 2 N–H and O–H groups in total. The molecule has 5 unspecified atom stereocenters. The highest BCUT2D eigenvalue weighted by Gasteiger charge is 2.54. The van der Waals surface area contributed by atoms with E-state index in [4.69, 9.17) is 4.74 Å². The van der Waals surface area contributed by atoms with Gasteiger partial charge in [-0.15, -0.1) is 0 Å². The number of benzene rings is 2. The number of carbonyl (C=O) groups excluding carboxylic acids is 2. The Hall–Kier alpha value is -3.35. The fourth-order valence-electron chi connectivity index (χ4n) is 6.73. The van der Waals surface area contributed by atoms with Crippen LogP contribution in [0.3, 0.4) is 0 Å². The third-order valence-corrected chi connectivity index (χ3v) is 8.42. The Balaban J connectivity index is 1.14. The highest BCUT2D eigenvalue weighted by Crippen LogP contribution is 2.50. The van der Waals surface area contributed by atoms with Crippen LogP contribution in [-0.2, 0) is 14.3 Å². The molecule has 176 valence electrons. The lowest BCUT2D eigenvalue weighted by atomic mass is 9.82. The summed E-state index contributed by atoms with van der Waals surface area (Å²) in [5, 5.41) is 12.4. The van der Waals surface area contributed by atoms with Crippen molar-refractivity contribution in [2.24, 2.45) is 17.8 Å². The van der Waals surface area contributed by atoms with E-state index in [1.807, 2.05) is 24.3 Å². The number of fused-ring (bicyclic) bond motifs is 5. The van der Waals surface area contributed by atoms with Crippen LogP contribution >= 0.6 is 0 Å². The van der Waals surface area contributed by atoms with Crippen LogP contribution in [0.2, 0.25) is 0 Å². The van der Waals surface area contributed by atoms with Gasteiger partial charge in [0.05, 0.1) is 5.92 Å². The predicted octanol–water partition coefficient (Wildman–Crippen LogP) is 3.63. The number of rotatable bonds is 5. The van der Waals surface area contributed by atoms with Gasteiger partial charge in [0.2, 0.25) is 5.91 Å². The number of amides is 2. The molecule has 3 aliphatic carbocycles. The molecular weight excluding hydrogens is 432 g/mol. The third-order valence-electron chi connectivity index (χ3n) is 8.42. The lowest BCUT2D eigenvalue weighted by Crippen LogP contribution is -2.60. The van der Waals surface area contributed by atoms with Crippen LogP contribution in [0.15, 0.2) is 48.5 Å². The van der Waals surface area contributed by atoms with E-state index in [-0.39, 0.29) is 42.2 Å². The fourth-order valence-corrected chi connectivity index (χ4v) is 6.73. The maximum atomic E-state index is 13.2. The first kappa shape index (κ1) is 21.2. The highest BCUT2D eigenvalue weighted by atomic mass is 16.5. The van der Waals surface area contributed by atoms with Crippen LogP contribution in [-0.4, -0.2) is 53.2 Å². The van der Waals surface area contributed by atoms with Crippen LogP contribution < -0.4 is 5.32 Å². The van der Waals surface area contributed by atoms with E-state index >= 15 is 0 Å². The molecule has 5 atom stereocenters. The van der Waals surface area contributed by atoms with E-state index < -0.39 is 18.1 Å². The van der Waals surface area contributed by atoms with Crippen molar-refractivity contribution in [3.05, 3.63) is 59.7 Å². The Kier molecular flexibility index (Phi) is 5.08. The number of alkyl carbamates (subject to hydrolysis) is 1. The maximum Gasteiger partial charge on any atom is 0.407 e. The maximum absolute atomic E-state index is 13.2. The Morgan fingerprint density at radius 3 is 2.21 bits per heavy atom. The first-order valence-electron chi connectivity index (χ1n) is 12.2. The van der Waals surface area contributed by atoms with Gasteiger partial charge in [0.1, 0.15) is 12.6 Å². The normalized spacial score (nSPS) is 28.7. The molecule has 7 nitrogen and oxygen atoms in total. The standard InChI is InChI=1S/C27H28N2O5/c30-25(29-12-11-22(29)26(31)32)23-15-9-10-16(13-15)24(23)28-27(33)34-14-21-19-7-3-1-5-17(19)18-6-2-4-8-20(18)21/h1-8,15-16,21-24H,9-14H2,(H,28,33)(H,31,32). The summed E-state index contributed by atoms with van der Waals surface area (Å²) in [5.74, 6) is -1.02. The van der Waals surface area contributed by atoms with E-state index in [0.29, 0.717) is 13.0 Å². The zero-order valence-electron chi connectivity index (χ0n) is 18.9. The molecule has 2 aromatic rings. The summed E-state index contributed by atoms with van der Waals surface area (Å²) in [6, 6.07) is 15.4. The summed E-state index contributed by atoms with van der Waals surface area (Å²) < 4.78 is 5.73. The molecule has 2 saturated carbocycles. The second-order valence-electron chi connectivity index (χ2n) is 10.0. The molecule has 0 aromatic heterocycles. The van der Waals surface area contributed by atoms with E-state index in [1.54, 1.807) is 0 Å². The summed E-state index contributed by atoms with van der Waals surface area (Å²) in [5.41, 5.74) is 4.66. The molecule has 1 aliphatic heterocycles. The minimum absolute atomic E-state index is 0.0204. The quantitative estimate of drug-likeness (QED) is 0.711. The van der Waals surface area contributed by atoms with Gasteiger partial charge in [0, 0.05) is 18.5 Å². The average Bonchev–Trinajstić information content (AvgIpc) is 3.48. The summed E-state index contributed by atoms with van der Waals surface area (Å²) in [6.45, 7) is 0.702. The number of nitrogens with one attached hydrogen (secondary N) is 1. The van der Waals surface area contributed by atoms with Crippen molar-refractivity contribution in [3.8, 4) is 11.1 Å². The van der Waals surface area contributed by atoms with Crippen molar-refractivity contribution >= 4 is 18.0 Å². The molecule has 2 amide bonds. The predicted molar refractivity (Wildman–Crippen MR) is 124 cm³/mol. The number of carboxylic acid groups (broad SMARTS) is 1. The van der Waals surface area contributed by atoms with Gasteiger partial charge < -0.3 is 20.1 Å². The molecule has 0 spiro atoms. The number of carbonyl (C=O) groups is 3. The Morgan fingerprint density at radius 1 is 0.941 bits per heavy atom. The Bertz CT molecular complexity index is 1120. The molecule has 1 heterocycles. The Morgan fingerprint density at radius 2 is 1.59 bits per heavy atom. The van der Waals surface area contributed by atoms with Gasteiger partial charge in [-0.25, -0.2) is 9.59 Å². The fraction of sp³-hybridized carbons (Fsp3) is 0.444. The highest BCUT2D eigenvalue weighted by molar-refractivity contribution is 5.88. The van der Waals surface area contributed by atoms with Gasteiger partial charge >= 0.3 is 12.1 Å². The third kappa shape index (κ3) is 3.29. The average molecular weight is 461 g/mol. The van der Waals surface area contributed by atoms with Crippen molar-refractivity contribution < 1.29 is 24.2 Å². The van der Waals surface area contributed by atoms with Crippen LogP contribution in [0.25, 0.3) is 11.1 Å². The van der Waals surface area contributed by atoms with Crippen molar-refractivity contribution in [2.45, 2.75) is 43.7 Å². The van der Waals surface area contributed by atoms with Crippen LogP contribution in [0, 0.1) is 17.8 Å². The number of hydrogen-bond donors (Lipinski definition) is 2. The zero-order valence-corrected chi connectivity index (χ0v) is 18.9. The van der Waals surface area contributed by atoms with E-state index in [1.165, 1.54) is 16.0 Å². The van der Waals surface area contributed by atoms with E-state index in [0.717, 1.165) is 30.4 Å². The smallest absolute Gasteiger partial charge is 0.407 e. The number of ether oxygens (including phenoxy) is 1. The van der Waals surface area contributed by atoms with E-state index in [9.17, 15) is 19.5 Å². The van der Waals surface area contributed by atoms with Gasteiger partial charge in [0.15, 0.2) is 0 Å². The minimum atomic E-state index is -0.955. The lowest BCUT2D eigenvalue weighted by molar-refractivity contribution is -0.160. The van der Waals surface area contributed by atoms with Gasteiger partial charge in [-0.1, -0.05) is 48.5 Å². The topological polar surface area (TPSA) is 95.9 Å². The van der Waals surface area contributed by atoms with E-state index in [2.05, 4.69) is 29.6 Å². The molecule has 34 heavy (non-hydrogen) atoms. The summed E-state index contributed by atoms with van der Waals surface area (Å²) >= 11 is 0. The molecule has 6 rings (SSSR count). The first-order valence-corrected chi connectivity index (χ1v) is 12.2. The largest absolute Gasteiger partial charge is 0.480 e. The number of hydrogen-bond acceptors (Lipinski definition) is 4. The molecule has 2 bridgehead atoms. The Labute approximate surface area is 198 Å². The second-order valence-corrected chi connectivity index (χ2v) is 10.0. The number of carboxylic acids is 1. The van der Waals surface area contributed by atoms with Crippen molar-refractivity contribution in [1.82, 2.24) is 10.2 Å². The lowest BCUT2D eigenvalue weighted by Gasteiger charge is -2.42. The van der Waals surface area contributed by atoms with Gasteiger partial charge in [-0.05, 0) is 59.8 Å². The zero-order chi connectivity index (χ0) is 23.4. The van der Waals surface area contributed by atoms with Gasteiger partial charge in [-0.3, -0.25) is 4.79 Å². The van der Waals surface area contributed by atoms with Crippen LogP contribution in [0.4, 0.5) is 4.79 Å². The van der Waals surface area contributed by atoms with Crippen LogP contribution in [0.5, 0.6) is 0 Å². The first-order chi connectivity index (χ1) is 16.5. The van der Waals surface area contributed by atoms with Crippen LogP contribution in [0.1, 0.15) is 42.7 Å². The number of nitrogens with zero attached hydrogens (tertiary/aromatic N) is 1. The minimum Gasteiger partial charge on any atom is -0.480 e. The summed E-state index contributed by atoms with van der Waals surface area (Å²) in [4.78, 5) is 39.0. The number of likely N-dealkylation sites (tertiary alicyclic amines) is 1. The molecule has 7 heteroatoms. The van der Waals surface area contributed by atoms with Crippen molar-refractivity contribution in [3.63, 3.8) is 0 Å². The summed E-state index contributed by atoms with van der Waals surface area (Å²) in [7, 11) is 0. The molecule has 2 aromatic carbocycles. The molecule has 1 saturated heterocycles. The second kappa shape index (κ2) is 8.15. The van der Waals surface area contributed by atoms with Gasteiger partial charge in [-0.2, -0.15) is 0 Å².